The first-order valence-electron chi connectivity index (χ1n) is 16.3. The Morgan fingerprint density at radius 2 is 1.08 bits per heavy atom. The van der Waals surface area contributed by atoms with Gasteiger partial charge >= 0.3 is 23.9 Å². The first kappa shape index (κ1) is 35.2. The van der Waals surface area contributed by atoms with Gasteiger partial charge in [0.05, 0.1) is 77.3 Å². The molecule has 2 aliphatic carbocycles. The van der Waals surface area contributed by atoms with Crippen molar-refractivity contribution < 1.29 is 47.6 Å². The fourth-order valence-corrected chi connectivity index (χ4v) is 9.62. The predicted molar refractivity (Wildman–Crippen MR) is 165 cm³/mol. The zero-order chi connectivity index (χ0) is 35.0. The maximum absolute atomic E-state index is 12.8. The smallest absolute Gasteiger partial charge is 0.317 e. The van der Waals surface area contributed by atoms with Crippen LogP contribution in [0.25, 0.3) is 0 Å². The zero-order valence-corrected chi connectivity index (χ0v) is 28.3. The van der Waals surface area contributed by atoms with Gasteiger partial charge in [0.2, 0.25) is 0 Å². The molecule has 4 saturated heterocycles. The molecule has 14 heteroatoms. The topological polar surface area (TPSA) is 178 Å². The number of piperidine rings is 2. The van der Waals surface area contributed by atoms with Gasteiger partial charge in [0.1, 0.15) is 23.0 Å². The number of methoxy groups -OCH3 is 4. The summed E-state index contributed by atoms with van der Waals surface area (Å²) in [6.45, 7) is 4.16. The molecule has 48 heavy (non-hydrogen) atoms. The summed E-state index contributed by atoms with van der Waals surface area (Å²) >= 11 is 0. The van der Waals surface area contributed by atoms with Crippen LogP contribution in [-0.4, -0.2) is 112 Å². The van der Waals surface area contributed by atoms with Crippen LogP contribution in [0.2, 0.25) is 0 Å². The minimum atomic E-state index is -1.05. The summed E-state index contributed by atoms with van der Waals surface area (Å²) in [5.74, 6) is -1.36. The van der Waals surface area contributed by atoms with Gasteiger partial charge in [-0.1, -0.05) is 0 Å². The number of carbonyl (C=O) groups is 4. The average molecular weight is 669 g/mol. The van der Waals surface area contributed by atoms with Gasteiger partial charge in [-0.3, -0.25) is 29.0 Å². The Morgan fingerprint density at radius 1 is 0.708 bits per heavy atom. The molecule has 6 rings (SSSR count). The number of ether oxygens (including phenoxy) is 6. The standard InChI is InChI=1S/2C17H22N2O5/c2*1-10(20)24-14-6-11-4-5-19-12(8-18)7-17(14,16(21)23-3)15(19)13(11)9-22-2/h2*9,11-12,14-15H,4-7H2,1-3H3/b2*13-9+/t2*11-,12-,14+,15-,17-/m10/s1. The van der Waals surface area contributed by atoms with E-state index in [1.54, 1.807) is 26.7 Å². The Kier molecular flexibility index (Phi) is 10.1. The summed E-state index contributed by atoms with van der Waals surface area (Å²) in [5, 5.41) is 19.2. The van der Waals surface area contributed by atoms with Crippen LogP contribution in [0.5, 0.6) is 0 Å². The SMILES string of the molecule is CO/C=C1\[C@@H]2CCN3[C@@H](C#N)C[C@@](C(=O)OC)([C@@H](OC(C)=O)C2)[C@@H]13.CO/C=C1\[C@H]2CCN3[C@H](C#N)C[C@@](C(=O)OC)([C@H]13)[C@H](OC(C)=O)C2. The fraction of sp³-hybridized carbons (Fsp3) is 0.706. The van der Waals surface area contributed by atoms with Gasteiger partial charge in [0, 0.05) is 26.9 Å². The van der Waals surface area contributed by atoms with Gasteiger partial charge in [-0.15, -0.1) is 0 Å². The molecule has 6 fully saturated rings. The lowest BCUT2D eigenvalue weighted by atomic mass is 9.61. The highest BCUT2D eigenvalue weighted by atomic mass is 16.6. The largest absolute Gasteiger partial charge is 0.504 e. The zero-order valence-electron chi connectivity index (χ0n) is 28.3. The summed E-state index contributed by atoms with van der Waals surface area (Å²) in [4.78, 5) is 53.0. The first-order valence-corrected chi connectivity index (χ1v) is 16.3. The molecule has 0 amide bonds. The number of hydrogen-bond donors (Lipinski definition) is 0. The van der Waals surface area contributed by atoms with Gasteiger partial charge < -0.3 is 28.4 Å². The Bertz CT molecular complexity index is 1360. The summed E-state index contributed by atoms with van der Waals surface area (Å²) in [5.41, 5.74) is -0.116. The summed E-state index contributed by atoms with van der Waals surface area (Å²) in [7, 11) is 5.82. The van der Waals surface area contributed by atoms with Crippen molar-refractivity contribution in [1.82, 2.24) is 9.80 Å². The lowest BCUT2D eigenvalue weighted by molar-refractivity contribution is -0.179. The van der Waals surface area contributed by atoms with Crippen molar-refractivity contribution in [1.29, 1.82) is 10.5 Å². The maximum atomic E-state index is 12.8. The van der Waals surface area contributed by atoms with E-state index in [2.05, 4.69) is 12.1 Å². The van der Waals surface area contributed by atoms with E-state index in [-0.39, 0.29) is 23.9 Å². The van der Waals surface area contributed by atoms with Crippen LogP contribution in [0.4, 0.5) is 0 Å². The van der Waals surface area contributed by atoms with Crippen LogP contribution in [0, 0.1) is 45.3 Å². The van der Waals surface area contributed by atoms with E-state index in [9.17, 15) is 29.7 Å². The Hall–Kier alpha value is -4.14. The lowest BCUT2D eigenvalue weighted by Gasteiger charge is -2.51. The third kappa shape index (κ3) is 5.39. The molecule has 14 nitrogen and oxygen atoms in total. The highest BCUT2D eigenvalue weighted by molar-refractivity contribution is 5.82. The van der Waals surface area contributed by atoms with Crippen molar-refractivity contribution in [2.24, 2.45) is 22.7 Å². The fourth-order valence-electron chi connectivity index (χ4n) is 9.62. The second-order valence-electron chi connectivity index (χ2n) is 13.4. The molecule has 0 aromatic rings. The molecule has 0 unspecified atom stereocenters. The average Bonchev–Trinajstić information content (AvgIpc) is 3.63. The molecular weight excluding hydrogens is 624 g/mol. The molecule has 4 heterocycles. The van der Waals surface area contributed by atoms with E-state index in [1.807, 2.05) is 9.80 Å². The van der Waals surface area contributed by atoms with Crippen molar-refractivity contribution in [2.45, 2.75) is 88.7 Å². The maximum Gasteiger partial charge on any atom is 0.317 e. The number of carbonyl (C=O) groups excluding carboxylic acids is 4. The van der Waals surface area contributed by atoms with Crippen LogP contribution in [0.15, 0.2) is 23.7 Å². The van der Waals surface area contributed by atoms with Gasteiger partial charge in [-0.2, -0.15) is 10.5 Å². The molecule has 0 radical (unpaired) electrons. The van der Waals surface area contributed by atoms with Crippen LogP contribution in [-0.2, 0) is 47.6 Å². The van der Waals surface area contributed by atoms with Gasteiger partial charge in [0.25, 0.3) is 0 Å². The minimum absolute atomic E-state index is 0.172. The van der Waals surface area contributed by atoms with Crippen molar-refractivity contribution >= 4 is 23.9 Å². The summed E-state index contributed by atoms with van der Waals surface area (Å²) in [6.07, 6.45) is 5.57. The molecule has 0 N–H and O–H groups in total. The molecule has 0 aromatic carbocycles. The highest BCUT2D eigenvalue weighted by Gasteiger charge is 2.70. The predicted octanol–water partition coefficient (Wildman–Crippen LogP) is 2.00. The second kappa shape index (κ2) is 13.8. The van der Waals surface area contributed by atoms with E-state index in [0.717, 1.165) is 37.1 Å². The molecule has 4 aliphatic heterocycles. The van der Waals surface area contributed by atoms with E-state index < -0.39 is 59.0 Å². The summed E-state index contributed by atoms with van der Waals surface area (Å²) < 4.78 is 31.8. The number of nitriles is 2. The van der Waals surface area contributed by atoms with Crippen molar-refractivity contribution in [2.75, 3.05) is 41.5 Å². The van der Waals surface area contributed by atoms with E-state index in [0.29, 0.717) is 25.7 Å². The number of esters is 4. The van der Waals surface area contributed by atoms with E-state index >= 15 is 0 Å². The van der Waals surface area contributed by atoms with Crippen LogP contribution in [0.3, 0.4) is 0 Å². The summed E-state index contributed by atoms with van der Waals surface area (Å²) in [6, 6.07) is 3.12. The van der Waals surface area contributed by atoms with Crippen LogP contribution < -0.4 is 0 Å². The molecule has 10 atom stereocenters. The lowest BCUT2D eigenvalue weighted by Crippen LogP contribution is -2.61. The molecule has 4 bridgehead atoms. The Morgan fingerprint density at radius 3 is 1.38 bits per heavy atom. The second-order valence-corrected chi connectivity index (χ2v) is 13.4. The number of fused-ring (bicyclic) bond motifs is 2. The van der Waals surface area contributed by atoms with E-state index in [1.165, 1.54) is 28.1 Å². The third-order valence-electron chi connectivity index (χ3n) is 11.2. The van der Waals surface area contributed by atoms with Gasteiger partial charge in [-0.25, -0.2) is 0 Å². The molecule has 6 aliphatic rings. The normalized spacial score (nSPS) is 39.2. The first-order chi connectivity index (χ1) is 23.0. The molecule has 260 valence electrons. The van der Waals surface area contributed by atoms with Crippen LogP contribution in [0.1, 0.15) is 52.4 Å². The number of nitrogens with zero attached hydrogens (tertiary/aromatic N) is 4. The number of hydrogen-bond acceptors (Lipinski definition) is 14. The van der Waals surface area contributed by atoms with Crippen LogP contribution >= 0.6 is 0 Å². The molecule has 0 aromatic heterocycles. The minimum Gasteiger partial charge on any atom is -0.504 e. The van der Waals surface area contributed by atoms with E-state index in [4.69, 9.17) is 28.4 Å². The molecular formula is C34H44N4O10. The molecule has 0 spiro atoms. The Labute approximate surface area is 280 Å². The van der Waals surface area contributed by atoms with Crippen molar-refractivity contribution in [3.63, 3.8) is 0 Å². The van der Waals surface area contributed by atoms with Crippen molar-refractivity contribution in [3.05, 3.63) is 23.7 Å². The quantitative estimate of drug-likeness (QED) is 0.228. The Balaban J connectivity index is 0.000000188. The number of rotatable bonds is 6. The highest BCUT2D eigenvalue weighted by Crippen LogP contribution is 2.59. The molecule has 2 saturated carbocycles. The van der Waals surface area contributed by atoms with Crippen molar-refractivity contribution in [3.8, 4) is 12.1 Å². The van der Waals surface area contributed by atoms with Gasteiger partial charge in [-0.05, 0) is 61.5 Å². The van der Waals surface area contributed by atoms with Gasteiger partial charge in [0.15, 0.2) is 0 Å². The monoisotopic (exact) mass is 668 g/mol. The third-order valence-corrected chi connectivity index (χ3v) is 11.2.